The number of rotatable bonds is 8. The monoisotopic (exact) mass is 411 g/mol. The van der Waals surface area contributed by atoms with Crippen LogP contribution < -0.4 is 0 Å². The van der Waals surface area contributed by atoms with Gasteiger partial charge in [-0.05, 0) is 43.0 Å². The number of hydrogen-bond acceptors (Lipinski definition) is 4. The maximum Gasteiger partial charge on any atom is 0.329 e. The number of amides is 1. The molecule has 0 spiro atoms. The number of thioether (sulfide) groups is 1. The fourth-order valence-electron chi connectivity index (χ4n) is 3.59. The fourth-order valence-corrected chi connectivity index (χ4v) is 5.01. The number of hydrogen-bond donors (Lipinski definition) is 0. The molecule has 0 N–H and O–H groups in total. The molecule has 0 bridgehead atoms. The van der Waals surface area contributed by atoms with Crippen LogP contribution in [0.4, 0.5) is 0 Å². The van der Waals surface area contributed by atoms with Crippen LogP contribution in [0.2, 0.25) is 0 Å². The third-order valence-electron chi connectivity index (χ3n) is 5.15. The van der Waals surface area contributed by atoms with Crippen LogP contribution in [0.5, 0.6) is 0 Å². The molecule has 1 aliphatic heterocycles. The van der Waals surface area contributed by atoms with E-state index in [0.717, 1.165) is 18.4 Å². The topological polar surface area (TPSA) is 46.6 Å². The van der Waals surface area contributed by atoms with Crippen LogP contribution in [0.3, 0.4) is 0 Å². The van der Waals surface area contributed by atoms with E-state index in [1.165, 1.54) is 18.4 Å². The molecule has 2 aromatic rings. The molecule has 2 unspecified atom stereocenters. The first kappa shape index (κ1) is 21.4. The molecule has 1 fully saturated rings. The Hall–Kier alpha value is -2.27. The van der Waals surface area contributed by atoms with Crippen molar-refractivity contribution in [1.29, 1.82) is 0 Å². The molecule has 29 heavy (non-hydrogen) atoms. The van der Waals surface area contributed by atoms with Gasteiger partial charge in [-0.3, -0.25) is 4.79 Å². The molecule has 3 rings (SSSR count). The Morgan fingerprint density at radius 2 is 1.76 bits per heavy atom. The standard InChI is InChI=1S/C24H29NO3S/c1-3-5-7-10-18-13-15-19(16-14-18)22(26)25-21(24(27)28-4-2)17-29-23(25)20-11-8-6-9-12-20/h6,8-9,11-16,21,23H,3-5,7,10,17H2,1-2H3. The number of aryl methyl sites for hydroxylation is 1. The molecular weight excluding hydrogens is 382 g/mol. The lowest BCUT2D eigenvalue weighted by atomic mass is 10.0. The lowest BCUT2D eigenvalue weighted by Crippen LogP contribution is -2.43. The average Bonchev–Trinajstić information content (AvgIpc) is 3.20. The van der Waals surface area contributed by atoms with E-state index in [9.17, 15) is 9.59 Å². The summed E-state index contributed by atoms with van der Waals surface area (Å²) in [6, 6.07) is 17.1. The molecule has 1 aliphatic rings. The number of ether oxygens (including phenoxy) is 1. The van der Waals surface area contributed by atoms with Crippen molar-refractivity contribution in [3.05, 3.63) is 71.3 Å². The largest absolute Gasteiger partial charge is 0.464 e. The highest BCUT2D eigenvalue weighted by Gasteiger charge is 2.43. The van der Waals surface area contributed by atoms with Gasteiger partial charge in [-0.2, -0.15) is 0 Å². The van der Waals surface area contributed by atoms with Gasteiger partial charge in [0.05, 0.1) is 6.61 Å². The van der Waals surface area contributed by atoms with Crippen molar-refractivity contribution in [1.82, 2.24) is 4.90 Å². The zero-order chi connectivity index (χ0) is 20.6. The summed E-state index contributed by atoms with van der Waals surface area (Å²) in [4.78, 5) is 27.7. The van der Waals surface area contributed by atoms with Gasteiger partial charge in [-0.25, -0.2) is 4.79 Å². The summed E-state index contributed by atoms with van der Waals surface area (Å²) >= 11 is 1.61. The Kier molecular flexibility index (Phi) is 7.76. The highest BCUT2D eigenvalue weighted by molar-refractivity contribution is 7.99. The van der Waals surface area contributed by atoms with Crippen LogP contribution in [0.25, 0.3) is 0 Å². The number of nitrogens with zero attached hydrogens (tertiary/aromatic N) is 1. The Labute approximate surface area is 177 Å². The van der Waals surface area contributed by atoms with Crippen molar-refractivity contribution in [2.75, 3.05) is 12.4 Å². The SMILES string of the molecule is CCCCCc1ccc(C(=O)N2C(C(=O)OCC)CSC2c2ccccc2)cc1. The number of carbonyl (C=O) groups is 2. The van der Waals surface area contributed by atoms with Gasteiger partial charge in [0, 0.05) is 11.3 Å². The summed E-state index contributed by atoms with van der Waals surface area (Å²) in [5.41, 5.74) is 2.88. The molecule has 2 aromatic carbocycles. The number of carbonyl (C=O) groups excluding carboxylic acids is 2. The van der Waals surface area contributed by atoms with Crippen LogP contribution in [0.1, 0.15) is 60.0 Å². The summed E-state index contributed by atoms with van der Waals surface area (Å²) in [6.07, 6.45) is 4.60. The molecule has 2 atom stereocenters. The van der Waals surface area contributed by atoms with Crippen molar-refractivity contribution in [2.45, 2.75) is 50.9 Å². The highest BCUT2D eigenvalue weighted by atomic mass is 32.2. The van der Waals surface area contributed by atoms with Gasteiger partial charge in [0.15, 0.2) is 0 Å². The molecule has 1 heterocycles. The van der Waals surface area contributed by atoms with Gasteiger partial charge in [-0.15, -0.1) is 11.8 Å². The summed E-state index contributed by atoms with van der Waals surface area (Å²) in [6.45, 7) is 4.29. The molecule has 0 aliphatic carbocycles. The lowest BCUT2D eigenvalue weighted by Gasteiger charge is -2.28. The second kappa shape index (κ2) is 10.5. The van der Waals surface area contributed by atoms with Crippen LogP contribution in [0, 0.1) is 0 Å². The van der Waals surface area contributed by atoms with Crippen molar-refractivity contribution < 1.29 is 14.3 Å². The second-order valence-electron chi connectivity index (χ2n) is 7.23. The van der Waals surface area contributed by atoms with Crippen molar-refractivity contribution in [2.24, 2.45) is 0 Å². The van der Waals surface area contributed by atoms with Crippen LogP contribution in [-0.4, -0.2) is 35.2 Å². The molecule has 5 heteroatoms. The normalized spacial score (nSPS) is 18.6. The minimum absolute atomic E-state index is 0.123. The van der Waals surface area contributed by atoms with E-state index in [1.54, 1.807) is 23.6 Å². The summed E-state index contributed by atoms with van der Waals surface area (Å²) in [7, 11) is 0. The minimum atomic E-state index is -0.568. The number of esters is 1. The first-order chi connectivity index (χ1) is 14.2. The third kappa shape index (κ3) is 5.21. The van der Waals surface area contributed by atoms with Crippen molar-refractivity contribution in [3.63, 3.8) is 0 Å². The first-order valence-corrected chi connectivity index (χ1v) is 11.4. The zero-order valence-corrected chi connectivity index (χ0v) is 18.0. The predicted molar refractivity (Wildman–Crippen MR) is 118 cm³/mol. The van der Waals surface area contributed by atoms with Crippen molar-refractivity contribution >= 4 is 23.6 Å². The fraction of sp³-hybridized carbons (Fsp3) is 0.417. The minimum Gasteiger partial charge on any atom is -0.464 e. The Morgan fingerprint density at radius 3 is 2.41 bits per heavy atom. The van der Waals surface area contributed by atoms with Gasteiger partial charge >= 0.3 is 5.97 Å². The van der Waals surface area contributed by atoms with E-state index in [0.29, 0.717) is 17.9 Å². The van der Waals surface area contributed by atoms with E-state index < -0.39 is 6.04 Å². The molecule has 1 amide bonds. The van der Waals surface area contributed by atoms with Crippen LogP contribution in [0.15, 0.2) is 54.6 Å². The predicted octanol–water partition coefficient (Wildman–Crippen LogP) is 5.24. The Morgan fingerprint density at radius 1 is 1.03 bits per heavy atom. The lowest BCUT2D eigenvalue weighted by molar-refractivity contribution is -0.147. The molecule has 1 saturated heterocycles. The van der Waals surface area contributed by atoms with Gasteiger partial charge in [-0.1, -0.05) is 62.2 Å². The van der Waals surface area contributed by atoms with Crippen molar-refractivity contribution in [3.8, 4) is 0 Å². The van der Waals surface area contributed by atoms with Gasteiger partial charge < -0.3 is 9.64 Å². The summed E-state index contributed by atoms with van der Waals surface area (Å²) < 4.78 is 5.25. The Balaban J connectivity index is 1.83. The van der Waals surface area contributed by atoms with E-state index in [-0.39, 0.29) is 17.3 Å². The van der Waals surface area contributed by atoms with E-state index >= 15 is 0 Å². The summed E-state index contributed by atoms with van der Waals surface area (Å²) in [5.74, 6) is 0.0872. The van der Waals surface area contributed by atoms with Crippen LogP contribution >= 0.6 is 11.8 Å². The van der Waals surface area contributed by atoms with Gasteiger partial charge in [0.25, 0.3) is 5.91 Å². The van der Waals surface area contributed by atoms with Gasteiger partial charge in [0.2, 0.25) is 0 Å². The molecule has 0 saturated carbocycles. The van der Waals surface area contributed by atoms with E-state index in [1.807, 2.05) is 54.6 Å². The maximum absolute atomic E-state index is 13.4. The first-order valence-electron chi connectivity index (χ1n) is 10.4. The second-order valence-corrected chi connectivity index (χ2v) is 8.34. The third-order valence-corrected chi connectivity index (χ3v) is 6.47. The number of benzene rings is 2. The van der Waals surface area contributed by atoms with Crippen LogP contribution in [-0.2, 0) is 16.0 Å². The molecule has 4 nitrogen and oxygen atoms in total. The average molecular weight is 412 g/mol. The smallest absolute Gasteiger partial charge is 0.329 e. The number of unbranched alkanes of at least 4 members (excludes halogenated alkanes) is 2. The molecule has 154 valence electrons. The van der Waals surface area contributed by atoms with E-state index in [4.69, 9.17) is 4.74 Å². The molecule has 0 aromatic heterocycles. The van der Waals surface area contributed by atoms with Gasteiger partial charge in [0.1, 0.15) is 11.4 Å². The summed E-state index contributed by atoms with van der Waals surface area (Å²) in [5, 5.41) is -0.192. The Bertz CT molecular complexity index is 807. The molecular formula is C24H29NO3S. The molecule has 0 radical (unpaired) electrons. The van der Waals surface area contributed by atoms with E-state index in [2.05, 4.69) is 6.92 Å². The quantitative estimate of drug-likeness (QED) is 0.440. The highest BCUT2D eigenvalue weighted by Crippen LogP contribution is 2.42. The maximum atomic E-state index is 13.4. The zero-order valence-electron chi connectivity index (χ0n) is 17.2.